The molecule has 2 amide bonds. The number of anilines is 1. The highest BCUT2D eigenvalue weighted by atomic mass is 16.2. The second kappa shape index (κ2) is 4.62. The molecule has 0 bridgehead atoms. The molecule has 0 saturated heterocycles. The van der Waals surface area contributed by atoms with E-state index in [0.717, 1.165) is 24.1 Å². The molecule has 3 rings (SSSR count). The average molecular weight is 272 g/mol. The standard InChI is InChI=1S/C16H20N2O2/c1-10-3-4-13(9-11(10)2)18-15(20)16(7-8-16)14(19)17-12-5-6-12/h3-4,9,12H,5-8H2,1-2H3,(H,17,19)(H,18,20). The zero-order valence-corrected chi connectivity index (χ0v) is 12.0. The lowest BCUT2D eigenvalue weighted by Crippen LogP contribution is -2.40. The van der Waals surface area contributed by atoms with Gasteiger partial charge in [-0.3, -0.25) is 9.59 Å². The van der Waals surface area contributed by atoms with E-state index in [2.05, 4.69) is 10.6 Å². The van der Waals surface area contributed by atoms with Gasteiger partial charge >= 0.3 is 0 Å². The first-order valence-corrected chi connectivity index (χ1v) is 7.21. The Balaban J connectivity index is 1.68. The van der Waals surface area contributed by atoms with E-state index in [1.54, 1.807) is 0 Å². The maximum absolute atomic E-state index is 12.4. The number of hydrogen-bond donors (Lipinski definition) is 2. The largest absolute Gasteiger partial charge is 0.352 e. The first kappa shape index (κ1) is 13.2. The highest BCUT2D eigenvalue weighted by Crippen LogP contribution is 2.47. The first-order chi connectivity index (χ1) is 9.51. The number of carbonyl (C=O) groups excluding carboxylic acids is 2. The molecule has 0 unspecified atom stereocenters. The Hall–Kier alpha value is -1.84. The van der Waals surface area contributed by atoms with E-state index in [9.17, 15) is 9.59 Å². The predicted octanol–water partition coefficient (Wildman–Crippen LogP) is 2.30. The van der Waals surface area contributed by atoms with Crippen LogP contribution in [0.1, 0.15) is 36.8 Å². The smallest absolute Gasteiger partial charge is 0.240 e. The number of rotatable bonds is 4. The third kappa shape index (κ3) is 2.42. The van der Waals surface area contributed by atoms with Crippen molar-refractivity contribution in [3.05, 3.63) is 29.3 Å². The Morgan fingerprint density at radius 1 is 1.10 bits per heavy atom. The number of benzene rings is 1. The van der Waals surface area contributed by atoms with Gasteiger partial charge in [-0.25, -0.2) is 0 Å². The van der Waals surface area contributed by atoms with Gasteiger partial charge in [-0.2, -0.15) is 0 Å². The number of carbonyl (C=O) groups is 2. The summed E-state index contributed by atoms with van der Waals surface area (Å²) in [5.74, 6) is -0.264. The molecule has 20 heavy (non-hydrogen) atoms. The number of hydrogen-bond acceptors (Lipinski definition) is 2. The van der Waals surface area contributed by atoms with Gasteiger partial charge in [0.25, 0.3) is 0 Å². The average Bonchev–Trinajstić information content (AvgIpc) is 3.25. The molecule has 4 heteroatoms. The molecule has 0 aliphatic heterocycles. The maximum Gasteiger partial charge on any atom is 0.240 e. The lowest BCUT2D eigenvalue weighted by Gasteiger charge is -2.15. The number of aryl methyl sites for hydroxylation is 2. The minimum atomic E-state index is -0.818. The molecular weight excluding hydrogens is 252 g/mol. The van der Waals surface area contributed by atoms with E-state index in [1.165, 1.54) is 5.56 Å². The van der Waals surface area contributed by atoms with Gasteiger partial charge in [0, 0.05) is 11.7 Å². The van der Waals surface area contributed by atoms with E-state index < -0.39 is 5.41 Å². The van der Waals surface area contributed by atoms with E-state index in [4.69, 9.17) is 0 Å². The Morgan fingerprint density at radius 2 is 1.80 bits per heavy atom. The van der Waals surface area contributed by atoms with Crippen LogP contribution in [0, 0.1) is 19.3 Å². The fourth-order valence-corrected chi connectivity index (χ4v) is 2.30. The van der Waals surface area contributed by atoms with Gasteiger partial charge in [-0.15, -0.1) is 0 Å². The SMILES string of the molecule is Cc1ccc(NC(=O)C2(C(=O)NC3CC3)CC2)cc1C. The van der Waals surface area contributed by atoms with Gasteiger partial charge in [0.2, 0.25) is 11.8 Å². The third-order valence-electron chi connectivity index (χ3n) is 4.30. The Bertz CT molecular complexity index is 572. The fourth-order valence-electron chi connectivity index (χ4n) is 2.30. The zero-order valence-electron chi connectivity index (χ0n) is 12.0. The van der Waals surface area contributed by atoms with Gasteiger partial charge in [0.15, 0.2) is 0 Å². The van der Waals surface area contributed by atoms with E-state index in [0.29, 0.717) is 18.9 Å². The molecule has 1 aromatic carbocycles. The number of nitrogens with one attached hydrogen (secondary N) is 2. The highest BCUT2D eigenvalue weighted by Gasteiger charge is 2.57. The van der Waals surface area contributed by atoms with Gasteiger partial charge in [-0.05, 0) is 62.8 Å². The molecule has 2 aliphatic carbocycles. The van der Waals surface area contributed by atoms with Crippen LogP contribution in [-0.2, 0) is 9.59 Å². The van der Waals surface area contributed by atoms with Crippen molar-refractivity contribution in [1.82, 2.24) is 5.32 Å². The Kier molecular flexibility index (Phi) is 3.04. The molecule has 106 valence electrons. The second-order valence-corrected chi connectivity index (χ2v) is 6.08. The second-order valence-electron chi connectivity index (χ2n) is 6.08. The van der Waals surface area contributed by atoms with Crippen molar-refractivity contribution in [3.63, 3.8) is 0 Å². The van der Waals surface area contributed by atoms with Crippen molar-refractivity contribution in [2.45, 2.75) is 45.6 Å². The maximum atomic E-state index is 12.4. The Labute approximate surface area is 118 Å². The van der Waals surface area contributed by atoms with E-state index in [1.807, 2.05) is 32.0 Å². The van der Waals surface area contributed by atoms with Gasteiger partial charge in [0.1, 0.15) is 5.41 Å². The number of amides is 2. The summed E-state index contributed by atoms with van der Waals surface area (Å²) in [7, 11) is 0. The monoisotopic (exact) mass is 272 g/mol. The van der Waals surface area contributed by atoms with Gasteiger partial charge in [0.05, 0.1) is 0 Å². The van der Waals surface area contributed by atoms with Crippen LogP contribution in [0.5, 0.6) is 0 Å². The fraction of sp³-hybridized carbons (Fsp3) is 0.500. The van der Waals surface area contributed by atoms with Gasteiger partial charge < -0.3 is 10.6 Å². The summed E-state index contributed by atoms with van der Waals surface area (Å²) in [6.45, 7) is 4.05. The molecule has 0 heterocycles. The van der Waals surface area contributed by atoms with Crippen molar-refractivity contribution >= 4 is 17.5 Å². The molecule has 0 aromatic heterocycles. The van der Waals surface area contributed by atoms with Crippen LogP contribution < -0.4 is 10.6 Å². The van der Waals surface area contributed by atoms with Gasteiger partial charge in [-0.1, -0.05) is 6.07 Å². The Morgan fingerprint density at radius 3 is 2.35 bits per heavy atom. The summed E-state index contributed by atoms with van der Waals surface area (Å²) in [6, 6.07) is 6.11. The lowest BCUT2D eigenvalue weighted by molar-refractivity contribution is -0.134. The summed E-state index contributed by atoms with van der Waals surface area (Å²) in [6.07, 6.45) is 3.39. The molecule has 0 atom stereocenters. The minimum Gasteiger partial charge on any atom is -0.352 e. The normalized spacial score (nSPS) is 19.3. The van der Waals surface area contributed by atoms with Crippen molar-refractivity contribution in [2.24, 2.45) is 5.41 Å². The van der Waals surface area contributed by atoms with Crippen molar-refractivity contribution in [3.8, 4) is 0 Å². The summed E-state index contributed by atoms with van der Waals surface area (Å²) in [4.78, 5) is 24.5. The summed E-state index contributed by atoms with van der Waals surface area (Å²) in [5.41, 5.74) is 2.27. The molecule has 1 aromatic rings. The lowest BCUT2D eigenvalue weighted by atomic mass is 10.0. The van der Waals surface area contributed by atoms with Crippen LogP contribution in [0.4, 0.5) is 5.69 Å². The first-order valence-electron chi connectivity index (χ1n) is 7.21. The van der Waals surface area contributed by atoms with Crippen molar-refractivity contribution in [2.75, 3.05) is 5.32 Å². The summed E-state index contributed by atoms with van der Waals surface area (Å²) >= 11 is 0. The van der Waals surface area contributed by atoms with Crippen LogP contribution in [0.25, 0.3) is 0 Å². The van der Waals surface area contributed by atoms with Crippen LogP contribution in [0.3, 0.4) is 0 Å². The molecule has 2 aliphatic rings. The van der Waals surface area contributed by atoms with Crippen molar-refractivity contribution in [1.29, 1.82) is 0 Å². The molecule has 2 N–H and O–H groups in total. The molecule has 0 spiro atoms. The van der Waals surface area contributed by atoms with Crippen LogP contribution in [-0.4, -0.2) is 17.9 Å². The predicted molar refractivity (Wildman–Crippen MR) is 77.4 cm³/mol. The summed E-state index contributed by atoms with van der Waals surface area (Å²) < 4.78 is 0. The van der Waals surface area contributed by atoms with Crippen molar-refractivity contribution < 1.29 is 9.59 Å². The van der Waals surface area contributed by atoms with Crippen LogP contribution in [0.2, 0.25) is 0 Å². The molecule has 2 fully saturated rings. The molecule has 2 saturated carbocycles. The van der Waals surface area contributed by atoms with E-state index >= 15 is 0 Å². The van der Waals surface area contributed by atoms with Crippen LogP contribution in [0.15, 0.2) is 18.2 Å². The molecular formula is C16H20N2O2. The van der Waals surface area contributed by atoms with E-state index in [-0.39, 0.29) is 11.8 Å². The topological polar surface area (TPSA) is 58.2 Å². The molecule has 4 nitrogen and oxygen atoms in total. The zero-order chi connectivity index (χ0) is 14.3. The third-order valence-corrected chi connectivity index (χ3v) is 4.30. The quantitative estimate of drug-likeness (QED) is 0.826. The molecule has 0 radical (unpaired) electrons. The highest BCUT2D eigenvalue weighted by molar-refractivity contribution is 6.13. The minimum absolute atomic E-state index is 0.0960. The summed E-state index contributed by atoms with van der Waals surface area (Å²) in [5, 5.41) is 5.83. The van der Waals surface area contributed by atoms with Crippen LogP contribution >= 0.6 is 0 Å².